The van der Waals surface area contributed by atoms with Gasteiger partial charge >= 0.3 is 0 Å². The van der Waals surface area contributed by atoms with Crippen molar-refractivity contribution in [3.8, 4) is 0 Å². The number of rotatable bonds is 7. The highest BCUT2D eigenvalue weighted by atomic mass is 32.2. The zero-order valence-electron chi connectivity index (χ0n) is 11.4. The van der Waals surface area contributed by atoms with Gasteiger partial charge in [-0.2, -0.15) is 11.8 Å². The average molecular weight is 282 g/mol. The van der Waals surface area contributed by atoms with E-state index in [4.69, 9.17) is 4.42 Å². The van der Waals surface area contributed by atoms with Crippen LogP contribution < -0.4 is 5.32 Å². The number of hydrogen-bond acceptors (Lipinski definition) is 4. The topological polar surface area (TPSA) is 45.5 Å². The van der Waals surface area contributed by atoms with Gasteiger partial charge in [0.1, 0.15) is 5.76 Å². The summed E-state index contributed by atoms with van der Waals surface area (Å²) in [4.78, 5) is 14.1. The van der Waals surface area contributed by atoms with Crippen molar-refractivity contribution in [3.05, 3.63) is 24.2 Å². The number of amides is 1. The lowest BCUT2D eigenvalue weighted by Crippen LogP contribution is -2.33. The van der Waals surface area contributed by atoms with Crippen LogP contribution in [0.5, 0.6) is 0 Å². The number of furan rings is 1. The van der Waals surface area contributed by atoms with Gasteiger partial charge in [0.05, 0.1) is 17.9 Å². The minimum atomic E-state index is 0.195. The summed E-state index contributed by atoms with van der Waals surface area (Å²) in [6, 6.07) is 3.90. The summed E-state index contributed by atoms with van der Waals surface area (Å²) in [5.74, 6) is 3.39. The molecule has 1 amide bonds. The fourth-order valence-electron chi connectivity index (χ4n) is 2.25. The minimum absolute atomic E-state index is 0.195. The van der Waals surface area contributed by atoms with E-state index in [1.807, 2.05) is 23.9 Å². The molecule has 1 N–H and O–H groups in total. The van der Waals surface area contributed by atoms with E-state index in [-0.39, 0.29) is 11.8 Å². The van der Waals surface area contributed by atoms with E-state index in [0.717, 1.165) is 49.7 Å². The number of nitrogens with zero attached hydrogens (tertiary/aromatic N) is 1. The molecule has 19 heavy (non-hydrogen) atoms. The molecule has 0 aliphatic carbocycles. The molecule has 5 heteroatoms. The molecule has 2 heterocycles. The second-order valence-corrected chi connectivity index (χ2v) is 6.13. The standard InChI is InChI=1S/C14H22N2O2S/c1-16-7-5-12(10-16)14(17)15-6-3-9-19-11-13-4-2-8-18-13/h2,4,8,12H,3,5-7,9-11H2,1H3,(H,15,17)/t12-/m0/s1. The van der Waals surface area contributed by atoms with Crippen LogP contribution in [-0.2, 0) is 10.5 Å². The molecule has 1 aliphatic rings. The smallest absolute Gasteiger partial charge is 0.224 e. The number of thioether (sulfide) groups is 1. The number of likely N-dealkylation sites (tertiary alicyclic amines) is 1. The lowest BCUT2D eigenvalue weighted by atomic mass is 10.1. The maximum absolute atomic E-state index is 11.9. The summed E-state index contributed by atoms with van der Waals surface area (Å²) in [6.07, 6.45) is 3.71. The molecule has 1 aliphatic heterocycles. The molecule has 1 fully saturated rings. The highest BCUT2D eigenvalue weighted by Crippen LogP contribution is 2.15. The third kappa shape index (κ3) is 4.91. The highest BCUT2D eigenvalue weighted by molar-refractivity contribution is 7.98. The van der Waals surface area contributed by atoms with E-state index in [1.165, 1.54) is 0 Å². The van der Waals surface area contributed by atoms with Gasteiger partial charge in [-0.3, -0.25) is 4.79 Å². The molecule has 4 nitrogen and oxygen atoms in total. The van der Waals surface area contributed by atoms with Crippen LogP contribution in [0.2, 0.25) is 0 Å². The van der Waals surface area contributed by atoms with Crippen LogP contribution in [0.25, 0.3) is 0 Å². The first kappa shape index (κ1) is 14.5. The van der Waals surface area contributed by atoms with Gasteiger partial charge in [0, 0.05) is 13.1 Å². The highest BCUT2D eigenvalue weighted by Gasteiger charge is 2.25. The fourth-order valence-corrected chi connectivity index (χ4v) is 3.10. The van der Waals surface area contributed by atoms with Gasteiger partial charge in [0.2, 0.25) is 5.91 Å². The van der Waals surface area contributed by atoms with E-state index in [1.54, 1.807) is 6.26 Å². The predicted molar refractivity (Wildman–Crippen MR) is 78.1 cm³/mol. The molecule has 0 saturated carbocycles. The van der Waals surface area contributed by atoms with Crippen molar-refractivity contribution in [2.24, 2.45) is 5.92 Å². The van der Waals surface area contributed by atoms with Crippen molar-refractivity contribution >= 4 is 17.7 Å². The summed E-state index contributed by atoms with van der Waals surface area (Å²) in [5, 5.41) is 3.04. The molecule has 0 unspecified atom stereocenters. The number of carbonyl (C=O) groups excluding carboxylic acids is 1. The molecule has 1 aromatic heterocycles. The molecule has 1 atom stereocenters. The quantitative estimate of drug-likeness (QED) is 0.777. The Morgan fingerprint density at radius 3 is 3.21 bits per heavy atom. The summed E-state index contributed by atoms with van der Waals surface area (Å²) in [7, 11) is 2.07. The normalized spacial score (nSPS) is 19.7. The Morgan fingerprint density at radius 2 is 2.53 bits per heavy atom. The Balaban J connectivity index is 1.48. The maximum Gasteiger partial charge on any atom is 0.224 e. The van der Waals surface area contributed by atoms with Crippen molar-refractivity contribution in [1.29, 1.82) is 0 Å². The number of nitrogens with one attached hydrogen (secondary N) is 1. The number of hydrogen-bond donors (Lipinski definition) is 1. The minimum Gasteiger partial charge on any atom is -0.468 e. The first-order valence-corrected chi connectivity index (χ1v) is 7.97. The van der Waals surface area contributed by atoms with Crippen LogP contribution in [0.4, 0.5) is 0 Å². The summed E-state index contributed by atoms with van der Waals surface area (Å²) >= 11 is 1.84. The predicted octanol–water partition coefficient (Wildman–Crippen LogP) is 1.97. The van der Waals surface area contributed by atoms with E-state index >= 15 is 0 Å². The Kier molecular flexibility index (Phi) is 5.79. The molecule has 1 saturated heterocycles. The molecule has 2 rings (SSSR count). The third-order valence-corrected chi connectivity index (χ3v) is 4.42. The second-order valence-electron chi connectivity index (χ2n) is 5.02. The molecular weight excluding hydrogens is 260 g/mol. The molecule has 0 spiro atoms. The van der Waals surface area contributed by atoms with Crippen LogP contribution in [0, 0.1) is 5.92 Å². The maximum atomic E-state index is 11.9. The van der Waals surface area contributed by atoms with Gasteiger partial charge in [0.25, 0.3) is 0 Å². The van der Waals surface area contributed by atoms with Gasteiger partial charge in [-0.1, -0.05) is 0 Å². The van der Waals surface area contributed by atoms with Gasteiger partial charge in [-0.25, -0.2) is 0 Å². The third-order valence-electron chi connectivity index (χ3n) is 3.35. The van der Waals surface area contributed by atoms with Crippen molar-refractivity contribution in [2.45, 2.75) is 18.6 Å². The Bertz CT molecular complexity index is 381. The van der Waals surface area contributed by atoms with Crippen molar-refractivity contribution in [1.82, 2.24) is 10.2 Å². The molecule has 0 aromatic carbocycles. The first-order chi connectivity index (χ1) is 9.25. The molecule has 0 bridgehead atoms. The van der Waals surface area contributed by atoms with E-state index < -0.39 is 0 Å². The zero-order valence-corrected chi connectivity index (χ0v) is 12.2. The Morgan fingerprint density at radius 1 is 1.63 bits per heavy atom. The Hall–Kier alpha value is -0.940. The summed E-state index contributed by atoms with van der Waals surface area (Å²) in [5.41, 5.74) is 0. The van der Waals surface area contributed by atoms with Gasteiger partial charge in [-0.05, 0) is 44.3 Å². The lowest BCUT2D eigenvalue weighted by Gasteiger charge is -2.11. The SMILES string of the molecule is CN1CC[C@H](C(=O)NCCCSCc2ccco2)C1. The van der Waals surface area contributed by atoms with Crippen LogP contribution in [0.15, 0.2) is 22.8 Å². The van der Waals surface area contributed by atoms with Crippen molar-refractivity contribution in [2.75, 3.05) is 32.4 Å². The molecular formula is C14H22N2O2S. The van der Waals surface area contributed by atoms with E-state index in [9.17, 15) is 4.79 Å². The molecule has 0 radical (unpaired) electrons. The van der Waals surface area contributed by atoms with E-state index in [2.05, 4.69) is 17.3 Å². The summed E-state index contributed by atoms with van der Waals surface area (Å²) in [6.45, 7) is 2.72. The van der Waals surface area contributed by atoms with Crippen LogP contribution in [0.1, 0.15) is 18.6 Å². The van der Waals surface area contributed by atoms with E-state index in [0.29, 0.717) is 0 Å². The Labute approximate surface area is 118 Å². The number of carbonyl (C=O) groups is 1. The van der Waals surface area contributed by atoms with Gasteiger partial charge in [-0.15, -0.1) is 0 Å². The first-order valence-electron chi connectivity index (χ1n) is 6.82. The lowest BCUT2D eigenvalue weighted by molar-refractivity contribution is -0.124. The average Bonchev–Trinajstić information content (AvgIpc) is 3.04. The largest absolute Gasteiger partial charge is 0.468 e. The fraction of sp³-hybridized carbons (Fsp3) is 0.643. The van der Waals surface area contributed by atoms with Crippen LogP contribution in [-0.4, -0.2) is 43.2 Å². The van der Waals surface area contributed by atoms with Gasteiger partial charge in [0.15, 0.2) is 0 Å². The monoisotopic (exact) mass is 282 g/mol. The van der Waals surface area contributed by atoms with Crippen LogP contribution >= 0.6 is 11.8 Å². The second kappa shape index (κ2) is 7.60. The molecule has 106 valence electrons. The molecule has 1 aromatic rings. The van der Waals surface area contributed by atoms with Gasteiger partial charge < -0.3 is 14.6 Å². The van der Waals surface area contributed by atoms with Crippen LogP contribution in [0.3, 0.4) is 0 Å². The zero-order chi connectivity index (χ0) is 13.5. The van der Waals surface area contributed by atoms with Crippen molar-refractivity contribution < 1.29 is 9.21 Å². The van der Waals surface area contributed by atoms with Crippen molar-refractivity contribution in [3.63, 3.8) is 0 Å². The summed E-state index contributed by atoms with van der Waals surface area (Å²) < 4.78 is 5.26.